The third-order valence-corrected chi connectivity index (χ3v) is 4.70. The summed E-state index contributed by atoms with van der Waals surface area (Å²) >= 11 is 6.39. The highest BCUT2D eigenvalue weighted by atomic mass is 35.5. The molecule has 1 saturated heterocycles. The zero-order valence-corrected chi connectivity index (χ0v) is 17.3. The van der Waals surface area contributed by atoms with Gasteiger partial charge in [0.25, 0.3) is 5.91 Å². The monoisotopic (exact) mass is 406 g/mol. The van der Waals surface area contributed by atoms with E-state index >= 15 is 0 Å². The molecule has 0 aromatic heterocycles. The number of nitrogens with one attached hydrogen (secondary N) is 1. The Morgan fingerprint density at radius 3 is 2.89 bits per heavy atom. The van der Waals surface area contributed by atoms with Crippen molar-refractivity contribution in [1.82, 2.24) is 5.32 Å². The van der Waals surface area contributed by atoms with Crippen LogP contribution in [0.15, 0.2) is 17.7 Å². The van der Waals surface area contributed by atoms with E-state index in [2.05, 4.69) is 5.32 Å². The van der Waals surface area contributed by atoms with Crippen molar-refractivity contribution in [2.24, 2.45) is 0 Å². The van der Waals surface area contributed by atoms with Gasteiger partial charge in [0.1, 0.15) is 11.6 Å². The summed E-state index contributed by atoms with van der Waals surface area (Å²) in [6.07, 6.45) is 4.22. The molecule has 0 saturated carbocycles. The largest absolute Gasteiger partial charge is 0.490 e. The summed E-state index contributed by atoms with van der Waals surface area (Å²) in [5.41, 5.74) is 0.584. The number of hydrogen-bond donors (Lipinski definition) is 1. The van der Waals surface area contributed by atoms with Crippen molar-refractivity contribution in [2.45, 2.75) is 52.2 Å². The second-order valence-electron chi connectivity index (χ2n) is 6.61. The summed E-state index contributed by atoms with van der Waals surface area (Å²) in [7, 11) is 0. The Kier molecular flexibility index (Phi) is 8.62. The van der Waals surface area contributed by atoms with Gasteiger partial charge in [-0.3, -0.25) is 4.79 Å². The van der Waals surface area contributed by atoms with Crippen LogP contribution in [0.3, 0.4) is 0 Å². The van der Waals surface area contributed by atoms with Crippen molar-refractivity contribution in [2.75, 3.05) is 19.8 Å². The van der Waals surface area contributed by atoms with Crippen molar-refractivity contribution in [1.29, 1.82) is 5.26 Å². The van der Waals surface area contributed by atoms with Gasteiger partial charge in [0.05, 0.1) is 23.8 Å². The lowest BCUT2D eigenvalue weighted by molar-refractivity contribution is -0.117. The Bertz CT molecular complexity index is 752. The summed E-state index contributed by atoms with van der Waals surface area (Å²) in [6, 6.07) is 5.32. The Hall–Kier alpha value is -2.23. The fourth-order valence-corrected chi connectivity index (χ4v) is 3.02. The molecule has 28 heavy (non-hydrogen) atoms. The van der Waals surface area contributed by atoms with Gasteiger partial charge in [-0.25, -0.2) is 0 Å². The molecule has 1 aliphatic heterocycles. The van der Waals surface area contributed by atoms with Crippen LogP contribution in [0.25, 0.3) is 6.08 Å². The highest BCUT2D eigenvalue weighted by molar-refractivity contribution is 6.32. The molecule has 0 spiro atoms. The number of carbonyl (C=O) groups is 1. The van der Waals surface area contributed by atoms with Crippen molar-refractivity contribution >= 4 is 23.6 Å². The van der Waals surface area contributed by atoms with E-state index in [0.717, 1.165) is 19.3 Å². The zero-order valence-electron chi connectivity index (χ0n) is 16.6. The number of carbonyl (C=O) groups excluding carboxylic acids is 1. The van der Waals surface area contributed by atoms with Gasteiger partial charge in [-0.1, -0.05) is 18.5 Å². The van der Waals surface area contributed by atoms with Gasteiger partial charge in [0, 0.05) is 13.2 Å². The third-order valence-electron chi connectivity index (χ3n) is 4.42. The normalized spacial score (nSPS) is 17.7. The minimum absolute atomic E-state index is 0.00731. The first-order valence-corrected chi connectivity index (χ1v) is 10.0. The van der Waals surface area contributed by atoms with E-state index in [1.165, 1.54) is 6.08 Å². The molecule has 0 aliphatic carbocycles. The van der Waals surface area contributed by atoms with E-state index < -0.39 is 5.91 Å². The molecule has 2 atom stereocenters. The zero-order chi connectivity index (χ0) is 20.5. The first-order chi connectivity index (χ1) is 13.5. The predicted molar refractivity (Wildman–Crippen MR) is 109 cm³/mol. The Morgan fingerprint density at radius 2 is 2.29 bits per heavy atom. The number of nitriles is 1. The minimum atomic E-state index is -0.438. The first-order valence-electron chi connectivity index (χ1n) is 9.63. The molecule has 1 amide bonds. The molecule has 1 fully saturated rings. The van der Waals surface area contributed by atoms with Crippen molar-refractivity contribution in [3.63, 3.8) is 0 Å². The predicted octanol–water partition coefficient (Wildman–Crippen LogP) is 4.12. The molecule has 0 bridgehead atoms. The maximum Gasteiger partial charge on any atom is 0.262 e. The average Bonchev–Trinajstić information content (AvgIpc) is 3.20. The quantitative estimate of drug-likeness (QED) is 0.493. The summed E-state index contributed by atoms with van der Waals surface area (Å²) in [4.78, 5) is 12.3. The lowest BCUT2D eigenvalue weighted by Crippen LogP contribution is -2.32. The number of rotatable bonds is 9. The second-order valence-corrected chi connectivity index (χ2v) is 7.02. The molecule has 1 aliphatic rings. The fourth-order valence-electron chi connectivity index (χ4n) is 2.76. The van der Waals surface area contributed by atoms with E-state index in [9.17, 15) is 10.1 Å². The Labute approximate surface area is 171 Å². The van der Waals surface area contributed by atoms with Crippen molar-refractivity contribution in [3.8, 4) is 17.6 Å². The molecule has 2 rings (SSSR count). The van der Waals surface area contributed by atoms with Gasteiger partial charge < -0.3 is 19.5 Å². The average molecular weight is 407 g/mol. The first kappa shape index (κ1) is 22.1. The van der Waals surface area contributed by atoms with Crippen molar-refractivity contribution < 1.29 is 19.0 Å². The van der Waals surface area contributed by atoms with Gasteiger partial charge in [-0.2, -0.15) is 5.26 Å². The molecular formula is C21H27ClN2O4. The van der Waals surface area contributed by atoms with Gasteiger partial charge in [-0.05, 0) is 56.9 Å². The van der Waals surface area contributed by atoms with Crippen LogP contribution in [0.5, 0.6) is 11.5 Å². The van der Waals surface area contributed by atoms with E-state index in [1.807, 2.05) is 26.8 Å². The smallest absolute Gasteiger partial charge is 0.262 e. The van der Waals surface area contributed by atoms with Gasteiger partial charge >= 0.3 is 0 Å². The van der Waals surface area contributed by atoms with Crippen molar-refractivity contribution in [3.05, 3.63) is 28.3 Å². The minimum Gasteiger partial charge on any atom is -0.490 e. The van der Waals surface area contributed by atoms with Gasteiger partial charge in [0.15, 0.2) is 11.5 Å². The summed E-state index contributed by atoms with van der Waals surface area (Å²) < 4.78 is 17.0. The van der Waals surface area contributed by atoms with E-state index in [1.54, 1.807) is 12.1 Å². The molecule has 0 unspecified atom stereocenters. The van der Waals surface area contributed by atoms with Crippen LogP contribution in [-0.2, 0) is 9.53 Å². The van der Waals surface area contributed by atoms with Crippen LogP contribution >= 0.6 is 11.6 Å². The van der Waals surface area contributed by atoms with Gasteiger partial charge in [-0.15, -0.1) is 0 Å². The Morgan fingerprint density at radius 1 is 1.50 bits per heavy atom. The number of halogens is 1. The molecule has 7 heteroatoms. The molecule has 0 radical (unpaired) electrons. The summed E-state index contributed by atoms with van der Waals surface area (Å²) in [5, 5.41) is 12.5. The Balaban J connectivity index is 2.21. The van der Waals surface area contributed by atoms with Crippen LogP contribution in [0.4, 0.5) is 0 Å². The van der Waals surface area contributed by atoms with Gasteiger partial charge in [0.2, 0.25) is 0 Å². The van der Waals surface area contributed by atoms with Crippen LogP contribution in [0.1, 0.15) is 45.6 Å². The molecule has 152 valence electrons. The fraction of sp³-hybridized carbons (Fsp3) is 0.524. The third kappa shape index (κ3) is 6.15. The molecule has 1 heterocycles. The lowest BCUT2D eigenvalue weighted by atomic mass is 10.1. The number of hydrogen-bond acceptors (Lipinski definition) is 5. The highest BCUT2D eigenvalue weighted by Gasteiger charge is 2.19. The standard InChI is InChI=1S/C21H27ClN2O4/c1-4-14(3)28-20-18(22)10-15(11-19(20)26-5-2)9-16(12-23)21(25)24-13-17-7-6-8-27-17/h9-11,14,17H,4-8,13H2,1-3H3,(H,24,25)/b16-9+/t14-,17-/m1/s1. The maximum atomic E-state index is 12.3. The molecule has 1 N–H and O–H groups in total. The van der Waals surface area contributed by atoms with Crippen LogP contribution < -0.4 is 14.8 Å². The maximum absolute atomic E-state index is 12.3. The van der Waals surface area contributed by atoms with Crippen LogP contribution in [0.2, 0.25) is 5.02 Å². The van der Waals surface area contributed by atoms with E-state index in [4.69, 9.17) is 25.8 Å². The topological polar surface area (TPSA) is 80.6 Å². The molecule has 1 aromatic rings. The molecule has 1 aromatic carbocycles. The number of amides is 1. The second kappa shape index (κ2) is 10.9. The van der Waals surface area contributed by atoms with E-state index in [-0.39, 0.29) is 17.8 Å². The highest BCUT2D eigenvalue weighted by Crippen LogP contribution is 2.38. The lowest BCUT2D eigenvalue weighted by Gasteiger charge is -2.18. The van der Waals surface area contributed by atoms with Crippen LogP contribution in [-0.4, -0.2) is 37.9 Å². The number of nitrogens with zero attached hydrogens (tertiary/aromatic N) is 1. The van der Waals surface area contributed by atoms with E-state index in [0.29, 0.717) is 41.8 Å². The SMILES string of the molecule is CCOc1cc(/C=C(\C#N)C(=O)NC[C@H]2CCCO2)cc(Cl)c1O[C@H](C)CC. The summed E-state index contributed by atoms with van der Waals surface area (Å²) in [6.45, 7) is 7.38. The summed E-state index contributed by atoms with van der Waals surface area (Å²) in [5.74, 6) is 0.516. The number of ether oxygens (including phenoxy) is 3. The van der Waals surface area contributed by atoms with Crippen LogP contribution in [0, 0.1) is 11.3 Å². The molecule has 6 nitrogen and oxygen atoms in total. The number of benzene rings is 1. The molecular weight excluding hydrogens is 380 g/mol.